The van der Waals surface area contributed by atoms with E-state index in [2.05, 4.69) is 0 Å². The molecule has 0 spiro atoms. The fourth-order valence-corrected chi connectivity index (χ4v) is 4.29. The zero-order valence-corrected chi connectivity index (χ0v) is 18.3. The van der Waals surface area contributed by atoms with Crippen molar-refractivity contribution >= 4 is 39.7 Å². The predicted molar refractivity (Wildman–Crippen MR) is 128 cm³/mol. The molecule has 1 unspecified atom stereocenters. The van der Waals surface area contributed by atoms with Gasteiger partial charge in [0.2, 0.25) is 0 Å². The van der Waals surface area contributed by atoms with Gasteiger partial charge in [-0.3, -0.25) is 0 Å². The smallest absolute Gasteiger partial charge is 0.246 e. The molecule has 0 bridgehead atoms. The fraction of sp³-hybridized carbons (Fsp3) is 0.0800. The number of imidazole rings is 1. The Kier molecular flexibility index (Phi) is 4.69. The summed E-state index contributed by atoms with van der Waals surface area (Å²) < 4.78 is 2.69. The van der Waals surface area contributed by atoms with Crippen LogP contribution in [0.4, 0.5) is 5.69 Å². The predicted octanol–water partition coefficient (Wildman–Crippen LogP) is 4.92. The summed E-state index contributed by atoms with van der Waals surface area (Å²) in [5.74, 6) is -0.196. The molecule has 0 saturated carbocycles. The summed E-state index contributed by atoms with van der Waals surface area (Å²) in [6, 6.07) is 24.1. The summed E-state index contributed by atoms with van der Waals surface area (Å²) in [4.78, 5) is 31.7. The van der Waals surface area contributed by atoms with Crippen LogP contribution in [0.15, 0.2) is 89.9 Å². The maximum Gasteiger partial charge on any atom is 0.379 e. The van der Waals surface area contributed by atoms with Crippen LogP contribution in [-0.2, 0) is 4.79 Å². The molecule has 0 aliphatic heterocycles. The van der Waals surface area contributed by atoms with Crippen molar-refractivity contribution in [2.24, 2.45) is 0 Å². The number of quaternary nitrogens is 1. The van der Waals surface area contributed by atoms with Gasteiger partial charge in [-0.15, -0.1) is 9.27 Å². The molecule has 158 valence electrons. The molecule has 7 heteroatoms. The third kappa shape index (κ3) is 2.96. The standard InChI is InChI=1S/C25H20ClN4O2/c1-17(31)30(2,20-11-4-3-5-12-20)29-23-14-7-6-13-21(23)24-27-22(16-28(24)25(29)32)18-9-8-10-19(26)15-18/h3-16H,1-2H3/q+1. The number of aromatic nitrogens is 3. The average Bonchev–Trinajstić information content (AvgIpc) is 3.26. The highest BCUT2D eigenvalue weighted by atomic mass is 35.5. The Morgan fingerprint density at radius 2 is 1.69 bits per heavy atom. The first-order chi connectivity index (χ1) is 15.4. The Morgan fingerprint density at radius 3 is 2.41 bits per heavy atom. The minimum atomic E-state index is -0.360. The molecule has 32 heavy (non-hydrogen) atoms. The monoisotopic (exact) mass is 443 g/mol. The lowest BCUT2D eigenvalue weighted by molar-refractivity contribution is -0.129. The van der Waals surface area contributed by atoms with Gasteiger partial charge in [0.25, 0.3) is 0 Å². The zero-order valence-electron chi connectivity index (χ0n) is 17.6. The Labute approximate surface area is 189 Å². The minimum Gasteiger partial charge on any atom is -0.246 e. The van der Waals surface area contributed by atoms with Gasteiger partial charge in [-0.25, -0.2) is 19.0 Å². The van der Waals surface area contributed by atoms with Gasteiger partial charge in [-0.2, -0.15) is 0 Å². The van der Waals surface area contributed by atoms with E-state index < -0.39 is 0 Å². The van der Waals surface area contributed by atoms with Gasteiger partial charge in [0.1, 0.15) is 12.6 Å². The average molecular weight is 444 g/mol. The second-order valence-electron chi connectivity index (χ2n) is 7.76. The van der Waals surface area contributed by atoms with Crippen molar-refractivity contribution in [3.8, 4) is 11.3 Å². The highest BCUT2D eigenvalue weighted by Gasteiger charge is 2.37. The number of halogens is 1. The van der Waals surface area contributed by atoms with E-state index in [0.29, 0.717) is 27.6 Å². The number of hydrogen-bond acceptors (Lipinski definition) is 3. The first-order valence-corrected chi connectivity index (χ1v) is 10.5. The van der Waals surface area contributed by atoms with Gasteiger partial charge in [-0.05, 0) is 24.3 Å². The molecular formula is C25H20ClN4O2+. The second-order valence-corrected chi connectivity index (χ2v) is 8.19. The highest BCUT2D eigenvalue weighted by molar-refractivity contribution is 6.30. The van der Waals surface area contributed by atoms with Crippen LogP contribution >= 0.6 is 11.6 Å². The van der Waals surface area contributed by atoms with Crippen LogP contribution < -0.4 is 10.3 Å². The van der Waals surface area contributed by atoms with Crippen molar-refractivity contribution in [3.05, 3.63) is 101 Å². The van der Waals surface area contributed by atoms with E-state index in [1.165, 1.54) is 16.0 Å². The number of hydrogen-bond donors (Lipinski definition) is 0. The molecule has 2 heterocycles. The number of nitrogens with zero attached hydrogens (tertiary/aromatic N) is 4. The number of carbonyl (C=O) groups excluding carboxylic acids is 1. The summed E-state index contributed by atoms with van der Waals surface area (Å²) in [6.45, 7) is 1.49. The Hall–Kier alpha value is -3.74. The molecule has 1 atom stereocenters. The van der Waals surface area contributed by atoms with Gasteiger partial charge in [0.15, 0.2) is 11.3 Å². The van der Waals surface area contributed by atoms with Crippen molar-refractivity contribution < 1.29 is 4.79 Å². The van der Waals surface area contributed by atoms with E-state index in [-0.39, 0.29) is 16.2 Å². The molecule has 0 aliphatic carbocycles. The number of amides is 1. The lowest BCUT2D eigenvalue weighted by atomic mass is 10.2. The number of para-hydroxylation sites is 2. The minimum absolute atomic E-state index is 0.196. The molecule has 3 aromatic carbocycles. The maximum atomic E-state index is 13.9. The summed E-state index contributed by atoms with van der Waals surface area (Å²) in [5.41, 5.74) is 2.91. The lowest BCUT2D eigenvalue weighted by Crippen LogP contribution is -2.59. The van der Waals surface area contributed by atoms with Crippen molar-refractivity contribution in [2.45, 2.75) is 6.92 Å². The van der Waals surface area contributed by atoms with Gasteiger partial charge >= 0.3 is 11.6 Å². The number of benzene rings is 3. The maximum absolute atomic E-state index is 13.9. The molecule has 5 aromatic rings. The van der Waals surface area contributed by atoms with E-state index in [4.69, 9.17) is 16.6 Å². The SMILES string of the molecule is CC(=O)[N+](C)(c1ccccc1)n1c(=O)n2cc(-c3cccc(Cl)c3)nc2c2ccccc21. The molecule has 0 fully saturated rings. The fourth-order valence-electron chi connectivity index (χ4n) is 4.10. The second kappa shape index (κ2) is 7.44. The number of rotatable bonds is 3. The Balaban J connectivity index is 1.91. The van der Waals surface area contributed by atoms with E-state index in [1.54, 1.807) is 19.3 Å². The molecule has 5 rings (SSSR count). The Bertz CT molecular complexity index is 1560. The molecule has 6 nitrogen and oxygen atoms in total. The van der Waals surface area contributed by atoms with Crippen LogP contribution in [0.1, 0.15) is 6.92 Å². The molecule has 2 aromatic heterocycles. The largest absolute Gasteiger partial charge is 0.379 e. The highest BCUT2D eigenvalue weighted by Crippen LogP contribution is 2.28. The van der Waals surface area contributed by atoms with Crippen molar-refractivity contribution in [3.63, 3.8) is 0 Å². The summed E-state index contributed by atoms with van der Waals surface area (Å²) in [6.07, 6.45) is 1.70. The van der Waals surface area contributed by atoms with Crippen LogP contribution in [-0.4, -0.2) is 27.0 Å². The zero-order chi connectivity index (χ0) is 22.5. The quantitative estimate of drug-likeness (QED) is 0.372. The third-order valence-electron chi connectivity index (χ3n) is 5.86. The van der Waals surface area contributed by atoms with Crippen LogP contribution in [0.25, 0.3) is 27.8 Å². The van der Waals surface area contributed by atoms with Crippen molar-refractivity contribution in [1.82, 2.24) is 18.7 Å². The van der Waals surface area contributed by atoms with E-state index in [0.717, 1.165) is 10.9 Å². The third-order valence-corrected chi connectivity index (χ3v) is 6.09. The van der Waals surface area contributed by atoms with Crippen molar-refractivity contribution in [1.29, 1.82) is 0 Å². The van der Waals surface area contributed by atoms with Gasteiger partial charge in [0, 0.05) is 34.3 Å². The number of carbonyl (C=O) groups is 1. The molecule has 0 radical (unpaired) electrons. The van der Waals surface area contributed by atoms with Crippen LogP contribution in [0, 0.1) is 0 Å². The van der Waals surface area contributed by atoms with Crippen LogP contribution in [0.3, 0.4) is 0 Å². The molecule has 0 aliphatic rings. The molecule has 0 saturated heterocycles. The molecule has 0 N–H and O–H groups in total. The lowest BCUT2D eigenvalue weighted by Gasteiger charge is -2.31. The van der Waals surface area contributed by atoms with Gasteiger partial charge in [-0.1, -0.05) is 54.1 Å². The Morgan fingerprint density at radius 1 is 0.969 bits per heavy atom. The first-order valence-electron chi connectivity index (χ1n) is 10.1. The normalized spacial score (nSPS) is 13.3. The van der Waals surface area contributed by atoms with Gasteiger partial charge < -0.3 is 0 Å². The van der Waals surface area contributed by atoms with E-state index in [9.17, 15) is 9.59 Å². The van der Waals surface area contributed by atoms with Crippen LogP contribution in [0.2, 0.25) is 5.02 Å². The van der Waals surface area contributed by atoms with Crippen LogP contribution in [0.5, 0.6) is 0 Å². The summed E-state index contributed by atoms with van der Waals surface area (Å²) in [5, 5.41) is 1.36. The van der Waals surface area contributed by atoms with Crippen molar-refractivity contribution in [2.75, 3.05) is 7.05 Å². The molecule has 1 amide bonds. The first kappa shape index (κ1) is 20.2. The number of fused-ring (bicyclic) bond motifs is 3. The summed E-state index contributed by atoms with van der Waals surface area (Å²) in [7, 11) is 1.73. The van der Waals surface area contributed by atoms with E-state index in [1.807, 2.05) is 72.8 Å². The topological polar surface area (TPSA) is 56.4 Å². The molecular weight excluding hydrogens is 424 g/mol. The van der Waals surface area contributed by atoms with E-state index >= 15 is 0 Å². The summed E-state index contributed by atoms with van der Waals surface area (Å²) >= 11 is 6.17. The van der Waals surface area contributed by atoms with Gasteiger partial charge in [0.05, 0.1) is 12.6 Å².